The van der Waals surface area contributed by atoms with E-state index in [1.165, 1.54) is 4.68 Å². The number of amides is 1. The maximum Gasteiger partial charge on any atom is 0.350 e. The van der Waals surface area contributed by atoms with Gasteiger partial charge in [-0.1, -0.05) is 48.5 Å². The third-order valence-electron chi connectivity index (χ3n) is 6.13. The first kappa shape index (κ1) is 21.7. The molecule has 0 radical (unpaired) electrons. The minimum Gasteiger partial charge on any atom is -0.457 e. The molecule has 0 saturated carbocycles. The van der Waals surface area contributed by atoms with Crippen LogP contribution in [0.4, 0.5) is 0 Å². The van der Waals surface area contributed by atoms with E-state index < -0.39 is 0 Å². The number of hydrogen-bond donors (Lipinski definition) is 0. The molecule has 1 atom stereocenters. The standard InChI is InChI=1S/C27H26N4O3/c1-29-27(33)31(21-12-4-2-5-13-21)25(28-29)20-11-10-18-30(19-20)26(32)23-16-8-9-17-24(23)34-22-14-6-3-7-15-22/h2-9,12-17,20H,10-11,18-19H2,1H3. The molecule has 0 bridgehead atoms. The fourth-order valence-corrected chi connectivity index (χ4v) is 4.46. The molecule has 1 unspecified atom stereocenters. The molecule has 1 aromatic heterocycles. The quantitative estimate of drug-likeness (QED) is 0.449. The minimum absolute atomic E-state index is 0.0472. The molecule has 1 fully saturated rings. The molecular formula is C27H26N4O3. The summed E-state index contributed by atoms with van der Waals surface area (Å²) < 4.78 is 9.05. The fraction of sp³-hybridized carbons (Fsp3) is 0.222. The Bertz CT molecular complexity index is 1350. The van der Waals surface area contributed by atoms with E-state index in [4.69, 9.17) is 4.74 Å². The van der Waals surface area contributed by atoms with Gasteiger partial charge in [0, 0.05) is 26.1 Å². The molecule has 1 saturated heterocycles. The van der Waals surface area contributed by atoms with Gasteiger partial charge in [-0.25, -0.2) is 14.0 Å². The van der Waals surface area contributed by atoms with Gasteiger partial charge < -0.3 is 9.64 Å². The molecule has 7 heteroatoms. The molecule has 2 heterocycles. The van der Waals surface area contributed by atoms with Crippen molar-refractivity contribution in [1.82, 2.24) is 19.2 Å². The number of nitrogens with zero attached hydrogens (tertiary/aromatic N) is 4. The van der Waals surface area contributed by atoms with E-state index in [0.29, 0.717) is 36.0 Å². The second-order valence-electron chi connectivity index (χ2n) is 8.44. The summed E-state index contributed by atoms with van der Waals surface area (Å²) in [7, 11) is 1.66. The van der Waals surface area contributed by atoms with Gasteiger partial charge in [-0.3, -0.25) is 4.79 Å². The highest BCUT2D eigenvalue weighted by Gasteiger charge is 2.31. The first-order valence-corrected chi connectivity index (χ1v) is 11.4. The van der Waals surface area contributed by atoms with E-state index in [0.717, 1.165) is 18.5 Å². The zero-order chi connectivity index (χ0) is 23.5. The van der Waals surface area contributed by atoms with Gasteiger partial charge in [-0.15, -0.1) is 0 Å². The minimum atomic E-state index is -0.189. The predicted molar refractivity (Wildman–Crippen MR) is 130 cm³/mol. The third-order valence-corrected chi connectivity index (χ3v) is 6.13. The molecule has 1 aliphatic rings. The molecule has 3 aromatic carbocycles. The number of likely N-dealkylation sites (tertiary alicyclic amines) is 1. The summed E-state index contributed by atoms with van der Waals surface area (Å²) in [6.45, 7) is 1.14. The molecule has 4 aromatic rings. The van der Waals surface area contributed by atoms with Gasteiger partial charge in [0.2, 0.25) is 0 Å². The van der Waals surface area contributed by atoms with Crippen molar-refractivity contribution in [1.29, 1.82) is 0 Å². The highest BCUT2D eigenvalue weighted by atomic mass is 16.5. The van der Waals surface area contributed by atoms with E-state index in [-0.39, 0.29) is 17.5 Å². The number of piperidine rings is 1. The Morgan fingerprint density at radius 2 is 1.62 bits per heavy atom. The summed E-state index contributed by atoms with van der Waals surface area (Å²) in [6, 6.07) is 26.3. The summed E-state index contributed by atoms with van der Waals surface area (Å²) in [6.07, 6.45) is 1.69. The van der Waals surface area contributed by atoms with Crippen molar-refractivity contribution in [2.45, 2.75) is 18.8 Å². The van der Waals surface area contributed by atoms with Crippen LogP contribution in [0.25, 0.3) is 5.69 Å². The Balaban J connectivity index is 1.42. The first-order valence-electron chi connectivity index (χ1n) is 11.4. The van der Waals surface area contributed by atoms with Crippen LogP contribution in [0.1, 0.15) is 34.9 Å². The molecule has 0 N–H and O–H groups in total. The van der Waals surface area contributed by atoms with Crippen LogP contribution in [-0.4, -0.2) is 38.2 Å². The van der Waals surface area contributed by atoms with Crippen molar-refractivity contribution >= 4 is 5.91 Å². The maximum absolute atomic E-state index is 13.6. The lowest BCUT2D eigenvalue weighted by Gasteiger charge is -2.32. The average Bonchev–Trinajstić information content (AvgIpc) is 3.19. The number of benzene rings is 3. The Morgan fingerprint density at radius 1 is 0.941 bits per heavy atom. The SMILES string of the molecule is Cn1nc(C2CCCN(C(=O)c3ccccc3Oc3ccccc3)C2)n(-c2ccccc2)c1=O. The molecule has 7 nitrogen and oxygen atoms in total. The smallest absolute Gasteiger partial charge is 0.350 e. The first-order chi connectivity index (χ1) is 16.6. The fourth-order valence-electron chi connectivity index (χ4n) is 4.46. The summed E-state index contributed by atoms with van der Waals surface area (Å²) in [5, 5.41) is 4.55. The highest BCUT2D eigenvalue weighted by Crippen LogP contribution is 2.30. The van der Waals surface area contributed by atoms with Crippen LogP contribution in [0.2, 0.25) is 0 Å². The third kappa shape index (κ3) is 4.24. The van der Waals surface area contributed by atoms with Crippen LogP contribution in [0.5, 0.6) is 11.5 Å². The molecular weight excluding hydrogens is 428 g/mol. The lowest BCUT2D eigenvalue weighted by molar-refractivity contribution is 0.0701. The molecule has 5 rings (SSSR count). The van der Waals surface area contributed by atoms with Crippen LogP contribution in [0.3, 0.4) is 0 Å². The number of para-hydroxylation sites is 3. The lowest BCUT2D eigenvalue weighted by atomic mass is 9.96. The van der Waals surface area contributed by atoms with E-state index in [1.807, 2.05) is 83.8 Å². The number of hydrogen-bond acceptors (Lipinski definition) is 4. The number of carbonyl (C=O) groups is 1. The van der Waals surface area contributed by atoms with Crippen LogP contribution < -0.4 is 10.4 Å². The predicted octanol–water partition coefficient (Wildman–Crippen LogP) is 4.38. The van der Waals surface area contributed by atoms with E-state index in [1.54, 1.807) is 17.7 Å². The topological polar surface area (TPSA) is 69.4 Å². The normalized spacial score (nSPS) is 15.8. The largest absolute Gasteiger partial charge is 0.457 e. The van der Waals surface area contributed by atoms with Gasteiger partial charge in [0.25, 0.3) is 5.91 Å². The van der Waals surface area contributed by atoms with Crippen LogP contribution in [0.15, 0.2) is 89.7 Å². The zero-order valence-corrected chi connectivity index (χ0v) is 19.0. The van der Waals surface area contributed by atoms with Crippen molar-refractivity contribution in [3.8, 4) is 17.2 Å². The number of aryl methyl sites for hydroxylation is 1. The Kier molecular flexibility index (Phi) is 5.99. The molecule has 1 aliphatic heterocycles. The van der Waals surface area contributed by atoms with Gasteiger partial charge in [0.15, 0.2) is 0 Å². The molecule has 1 amide bonds. The van der Waals surface area contributed by atoms with Crippen molar-refractivity contribution < 1.29 is 9.53 Å². The molecule has 0 spiro atoms. The molecule has 34 heavy (non-hydrogen) atoms. The number of aromatic nitrogens is 3. The summed E-state index contributed by atoms with van der Waals surface area (Å²) in [5.41, 5.74) is 1.11. The molecule has 0 aliphatic carbocycles. The summed E-state index contributed by atoms with van der Waals surface area (Å²) >= 11 is 0. The lowest BCUT2D eigenvalue weighted by Crippen LogP contribution is -2.40. The second kappa shape index (κ2) is 9.39. The van der Waals surface area contributed by atoms with Crippen molar-refractivity contribution in [2.75, 3.05) is 13.1 Å². The van der Waals surface area contributed by atoms with Crippen molar-refractivity contribution in [3.05, 3.63) is 107 Å². The van der Waals surface area contributed by atoms with Gasteiger partial charge in [-0.05, 0) is 49.2 Å². The van der Waals surface area contributed by atoms with Crippen LogP contribution >= 0.6 is 0 Å². The summed E-state index contributed by atoms with van der Waals surface area (Å²) in [5.74, 6) is 1.76. The Hall–Kier alpha value is -4.13. The van der Waals surface area contributed by atoms with Gasteiger partial charge in [0.1, 0.15) is 17.3 Å². The van der Waals surface area contributed by atoms with Gasteiger partial charge in [0.05, 0.1) is 11.3 Å². The van der Waals surface area contributed by atoms with Gasteiger partial charge >= 0.3 is 5.69 Å². The van der Waals surface area contributed by atoms with E-state index in [2.05, 4.69) is 5.10 Å². The van der Waals surface area contributed by atoms with Gasteiger partial charge in [-0.2, -0.15) is 5.10 Å². The van der Waals surface area contributed by atoms with Crippen LogP contribution in [-0.2, 0) is 7.05 Å². The number of carbonyl (C=O) groups excluding carboxylic acids is 1. The Labute approximate surface area is 197 Å². The zero-order valence-electron chi connectivity index (χ0n) is 19.0. The van der Waals surface area contributed by atoms with Crippen molar-refractivity contribution in [2.24, 2.45) is 7.05 Å². The number of ether oxygens (including phenoxy) is 1. The van der Waals surface area contributed by atoms with E-state index >= 15 is 0 Å². The highest BCUT2D eigenvalue weighted by molar-refractivity contribution is 5.97. The molecule has 172 valence electrons. The monoisotopic (exact) mass is 454 g/mol. The second-order valence-corrected chi connectivity index (χ2v) is 8.44. The van der Waals surface area contributed by atoms with Crippen molar-refractivity contribution in [3.63, 3.8) is 0 Å². The number of rotatable bonds is 5. The van der Waals surface area contributed by atoms with E-state index in [9.17, 15) is 9.59 Å². The Morgan fingerprint density at radius 3 is 2.38 bits per heavy atom. The van der Waals surface area contributed by atoms with Crippen LogP contribution in [0, 0.1) is 0 Å². The maximum atomic E-state index is 13.6. The average molecular weight is 455 g/mol. The summed E-state index contributed by atoms with van der Waals surface area (Å²) in [4.78, 5) is 28.3.